The summed E-state index contributed by atoms with van der Waals surface area (Å²) in [5, 5.41) is 0. The highest BCUT2D eigenvalue weighted by Crippen LogP contribution is 2.14. The van der Waals surface area contributed by atoms with Crippen molar-refractivity contribution in [1.29, 1.82) is 0 Å². The van der Waals surface area contributed by atoms with E-state index in [4.69, 9.17) is 4.74 Å². The second-order valence-corrected chi connectivity index (χ2v) is 3.80. The Morgan fingerprint density at radius 2 is 2.00 bits per heavy atom. The van der Waals surface area contributed by atoms with Crippen LogP contribution < -0.4 is 4.74 Å². The van der Waals surface area contributed by atoms with E-state index < -0.39 is 5.82 Å². The Labute approximate surface area is 104 Å². The van der Waals surface area contributed by atoms with E-state index in [2.05, 4.69) is 4.98 Å². The number of carbonyl (C=O) groups is 1. The molecule has 0 saturated carbocycles. The highest BCUT2D eigenvalue weighted by Gasteiger charge is 2.11. The van der Waals surface area contributed by atoms with E-state index in [0.29, 0.717) is 0 Å². The molecular weight excluding hydrogens is 233 g/mol. The number of pyridine rings is 1. The summed E-state index contributed by atoms with van der Waals surface area (Å²) < 4.78 is 18.4. The quantitative estimate of drug-likeness (QED) is 0.777. The molecular formula is C14H12FNO2. The molecule has 1 aromatic carbocycles. The Hall–Kier alpha value is -2.23. The standard InChI is InChI=1S/C14H12FNO2/c1-18-11-4-2-10(3-5-11)8-14(17)12-6-7-16-9-13(12)15/h2-7,9H,8H2,1H3. The number of methoxy groups -OCH3 is 1. The van der Waals surface area contributed by atoms with Gasteiger partial charge in [-0.2, -0.15) is 0 Å². The number of rotatable bonds is 4. The Kier molecular flexibility index (Phi) is 3.67. The first-order valence-corrected chi connectivity index (χ1v) is 5.46. The lowest BCUT2D eigenvalue weighted by Crippen LogP contribution is -2.06. The zero-order chi connectivity index (χ0) is 13.0. The van der Waals surface area contributed by atoms with E-state index in [1.54, 1.807) is 31.4 Å². The second kappa shape index (κ2) is 5.40. The summed E-state index contributed by atoms with van der Waals surface area (Å²) >= 11 is 0. The van der Waals surface area contributed by atoms with Gasteiger partial charge in [0, 0.05) is 12.6 Å². The fourth-order valence-corrected chi connectivity index (χ4v) is 1.63. The minimum Gasteiger partial charge on any atom is -0.497 e. The summed E-state index contributed by atoms with van der Waals surface area (Å²) in [6.45, 7) is 0. The molecule has 4 heteroatoms. The van der Waals surface area contributed by atoms with Crippen molar-refractivity contribution >= 4 is 5.78 Å². The van der Waals surface area contributed by atoms with Gasteiger partial charge in [-0.3, -0.25) is 9.78 Å². The SMILES string of the molecule is COc1ccc(CC(=O)c2ccncc2F)cc1. The monoisotopic (exact) mass is 245 g/mol. The van der Waals surface area contributed by atoms with E-state index >= 15 is 0 Å². The third-order valence-corrected chi connectivity index (χ3v) is 2.60. The number of ketones is 1. The van der Waals surface area contributed by atoms with Gasteiger partial charge in [-0.25, -0.2) is 4.39 Å². The van der Waals surface area contributed by atoms with Crippen molar-refractivity contribution in [1.82, 2.24) is 4.98 Å². The van der Waals surface area contributed by atoms with Gasteiger partial charge in [0.1, 0.15) is 5.75 Å². The van der Waals surface area contributed by atoms with Crippen LogP contribution in [0.15, 0.2) is 42.7 Å². The highest BCUT2D eigenvalue weighted by molar-refractivity contribution is 5.97. The minimum absolute atomic E-state index is 0.0702. The van der Waals surface area contributed by atoms with Crippen LogP contribution >= 0.6 is 0 Å². The van der Waals surface area contributed by atoms with Crippen LogP contribution in [0.25, 0.3) is 0 Å². The molecule has 0 N–H and O–H groups in total. The predicted octanol–water partition coefficient (Wildman–Crippen LogP) is 2.65. The molecule has 0 unspecified atom stereocenters. The molecule has 1 heterocycles. The lowest BCUT2D eigenvalue weighted by molar-refractivity contribution is 0.0989. The van der Waals surface area contributed by atoms with Gasteiger partial charge in [0.05, 0.1) is 18.9 Å². The van der Waals surface area contributed by atoms with E-state index in [9.17, 15) is 9.18 Å². The van der Waals surface area contributed by atoms with E-state index in [-0.39, 0.29) is 17.8 Å². The maximum Gasteiger partial charge on any atom is 0.170 e. The molecule has 0 atom stereocenters. The van der Waals surface area contributed by atoms with E-state index in [1.807, 2.05) is 0 Å². The smallest absolute Gasteiger partial charge is 0.170 e. The van der Waals surface area contributed by atoms with Crippen LogP contribution in [0, 0.1) is 5.82 Å². The Balaban J connectivity index is 2.14. The average molecular weight is 245 g/mol. The average Bonchev–Trinajstić information content (AvgIpc) is 2.40. The van der Waals surface area contributed by atoms with E-state index in [0.717, 1.165) is 17.5 Å². The normalized spacial score (nSPS) is 10.1. The fourth-order valence-electron chi connectivity index (χ4n) is 1.63. The van der Waals surface area contributed by atoms with Gasteiger partial charge in [0.25, 0.3) is 0 Å². The molecule has 2 aromatic rings. The maximum atomic E-state index is 13.4. The molecule has 0 fully saturated rings. The molecule has 92 valence electrons. The Bertz CT molecular complexity index is 552. The van der Waals surface area contributed by atoms with Crippen molar-refractivity contribution in [3.05, 3.63) is 59.7 Å². The lowest BCUT2D eigenvalue weighted by atomic mass is 10.0. The number of Topliss-reactive ketones (excluding diaryl/α,β-unsaturated/α-hetero) is 1. The first-order chi connectivity index (χ1) is 8.70. The van der Waals surface area contributed by atoms with Gasteiger partial charge in [-0.05, 0) is 23.8 Å². The third-order valence-electron chi connectivity index (χ3n) is 2.60. The number of nitrogens with zero attached hydrogens (tertiary/aromatic N) is 1. The van der Waals surface area contributed by atoms with Crippen LogP contribution in [0.5, 0.6) is 5.75 Å². The number of carbonyl (C=O) groups excluding carboxylic acids is 1. The molecule has 0 amide bonds. The number of halogens is 1. The third kappa shape index (κ3) is 2.71. The zero-order valence-corrected chi connectivity index (χ0v) is 9.89. The molecule has 0 spiro atoms. The minimum atomic E-state index is -0.587. The topological polar surface area (TPSA) is 39.2 Å². The van der Waals surface area contributed by atoms with Crippen LogP contribution in [-0.4, -0.2) is 17.9 Å². The van der Waals surface area contributed by atoms with Crippen molar-refractivity contribution in [3.8, 4) is 5.75 Å². The number of hydrogen-bond donors (Lipinski definition) is 0. The fraction of sp³-hybridized carbons (Fsp3) is 0.143. The summed E-state index contributed by atoms with van der Waals surface area (Å²) in [7, 11) is 1.58. The molecule has 0 bridgehead atoms. The van der Waals surface area contributed by atoms with Gasteiger partial charge in [-0.1, -0.05) is 12.1 Å². The molecule has 0 aliphatic carbocycles. The summed E-state index contributed by atoms with van der Waals surface area (Å²) in [6.07, 6.45) is 2.61. The lowest BCUT2D eigenvalue weighted by Gasteiger charge is -2.04. The van der Waals surface area contributed by atoms with Crippen molar-refractivity contribution in [2.75, 3.05) is 7.11 Å². The molecule has 18 heavy (non-hydrogen) atoms. The summed E-state index contributed by atoms with van der Waals surface area (Å²) in [5.74, 6) is -0.127. The van der Waals surface area contributed by atoms with Crippen molar-refractivity contribution in [2.24, 2.45) is 0 Å². The zero-order valence-electron chi connectivity index (χ0n) is 9.89. The van der Waals surface area contributed by atoms with Crippen LogP contribution in [0.2, 0.25) is 0 Å². The maximum absolute atomic E-state index is 13.4. The predicted molar refractivity (Wildman–Crippen MR) is 65.2 cm³/mol. The Morgan fingerprint density at radius 3 is 2.61 bits per heavy atom. The largest absolute Gasteiger partial charge is 0.497 e. The molecule has 0 saturated heterocycles. The number of aromatic nitrogens is 1. The van der Waals surface area contributed by atoms with Crippen molar-refractivity contribution < 1.29 is 13.9 Å². The van der Waals surface area contributed by atoms with Crippen molar-refractivity contribution in [2.45, 2.75) is 6.42 Å². The number of ether oxygens (including phenoxy) is 1. The van der Waals surface area contributed by atoms with Crippen molar-refractivity contribution in [3.63, 3.8) is 0 Å². The molecule has 0 aliphatic heterocycles. The summed E-state index contributed by atoms with van der Waals surface area (Å²) in [6, 6.07) is 8.50. The van der Waals surface area contributed by atoms with Crippen LogP contribution in [-0.2, 0) is 6.42 Å². The van der Waals surface area contributed by atoms with Gasteiger partial charge in [-0.15, -0.1) is 0 Å². The first kappa shape index (κ1) is 12.2. The van der Waals surface area contributed by atoms with Crippen LogP contribution in [0.3, 0.4) is 0 Å². The Morgan fingerprint density at radius 1 is 1.28 bits per heavy atom. The summed E-state index contributed by atoms with van der Waals surface area (Å²) in [4.78, 5) is 15.5. The molecule has 0 aliphatic rings. The van der Waals surface area contributed by atoms with Gasteiger partial charge in [0.2, 0.25) is 0 Å². The van der Waals surface area contributed by atoms with Crippen LogP contribution in [0.4, 0.5) is 4.39 Å². The first-order valence-electron chi connectivity index (χ1n) is 5.46. The molecule has 0 radical (unpaired) electrons. The molecule has 3 nitrogen and oxygen atoms in total. The van der Waals surface area contributed by atoms with Crippen LogP contribution in [0.1, 0.15) is 15.9 Å². The van der Waals surface area contributed by atoms with Gasteiger partial charge >= 0.3 is 0 Å². The summed E-state index contributed by atoms with van der Waals surface area (Å²) in [5.41, 5.74) is 0.887. The second-order valence-electron chi connectivity index (χ2n) is 3.80. The van der Waals surface area contributed by atoms with Gasteiger partial charge in [0.15, 0.2) is 11.6 Å². The van der Waals surface area contributed by atoms with E-state index in [1.165, 1.54) is 12.3 Å². The number of benzene rings is 1. The highest BCUT2D eigenvalue weighted by atomic mass is 19.1. The molecule has 2 rings (SSSR count). The number of hydrogen-bond acceptors (Lipinski definition) is 3. The van der Waals surface area contributed by atoms with Gasteiger partial charge < -0.3 is 4.74 Å². The molecule has 1 aromatic heterocycles.